The molecule has 1 aliphatic heterocycles. The van der Waals surface area contributed by atoms with Gasteiger partial charge in [-0.25, -0.2) is 4.98 Å². The van der Waals surface area contributed by atoms with Gasteiger partial charge in [0.1, 0.15) is 6.04 Å². The van der Waals surface area contributed by atoms with Crippen LogP contribution in [0.5, 0.6) is 11.5 Å². The van der Waals surface area contributed by atoms with Gasteiger partial charge in [0, 0.05) is 31.0 Å². The van der Waals surface area contributed by atoms with Crippen LogP contribution < -0.4 is 25.4 Å². The Labute approximate surface area is 352 Å². The number of likely N-dealkylation sites (tertiary alicyclic amines) is 1. The lowest BCUT2D eigenvalue weighted by Gasteiger charge is -2.35. The number of nitrogens with one attached hydrogen (secondary N) is 3. The molecule has 4 aromatic rings. The number of aryl methyl sites for hydroxylation is 1. The molecular formula is C42H50Cl2F2N6O5S. The highest BCUT2D eigenvalue weighted by Crippen LogP contribution is 2.33. The Morgan fingerprint density at radius 2 is 1.69 bits per heavy atom. The van der Waals surface area contributed by atoms with E-state index in [-0.39, 0.29) is 56.6 Å². The highest BCUT2D eigenvalue weighted by molar-refractivity contribution is 7.13. The number of benzene rings is 2. The highest BCUT2D eigenvalue weighted by atomic mass is 35.5. The fourth-order valence-corrected chi connectivity index (χ4v) is 8.02. The van der Waals surface area contributed by atoms with E-state index in [2.05, 4.69) is 30.7 Å². The van der Waals surface area contributed by atoms with Crippen molar-refractivity contribution in [2.75, 3.05) is 25.0 Å². The molecule has 2 atom stereocenters. The van der Waals surface area contributed by atoms with Gasteiger partial charge in [0.25, 0.3) is 5.91 Å². The maximum absolute atomic E-state index is 13.9. The van der Waals surface area contributed by atoms with E-state index in [1.54, 1.807) is 16.2 Å². The van der Waals surface area contributed by atoms with Crippen molar-refractivity contribution in [2.45, 2.75) is 97.9 Å². The van der Waals surface area contributed by atoms with E-state index >= 15 is 0 Å². The first-order valence-corrected chi connectivity index (χ1v) is 21.0. The fourth-order valence-electron chi connectivity index (χ4n) is 6.75. The fraction of sp³-hybridized carbons (Fsp3) is 0.452. The predicted octanol–water partition coefficient (Wildman–Crippen LogP) is 9.32. The molecule has 2 aromatic carbocycles. The van der Waals surface area contributed by atoms with E-state index in [4.69, 9.17) is 27.9 Å². The molecule has 1 saturated heterocycles. The number of carbonyl (C=O) groups is 3. The van der Waals surface area contributed by atoms with Gasteiger partial charge in [-0.15, -0.1) is 11.3 Å². The minimum absolute atomic E-state index is 0.00704. The number of thiazole rings is 1. The van der Waals surface area contributed by atoms with Gasteiger partial charge in [-0.1, -0.05) is 87.5 Å². The summed E-state index contributed by atoms with van der Waals surface area (Å²) in [6.45, 7) is 6.76. The molecule has 3 N–H and O–H groups in total. The SMILES string of the molecule is Cc1ncsc1-c1ccc(CNC(=O)C2CCCN2C(=O)C(NCCCCCCCOc2cc(C(=O)Nc3c(Cl)cncc3Cl)ccc2OC(F)F)C(C)(C)C)cc1. The van der Waals surface area contributed by atoms with E-state index in [1.807, 2.05) is 57.5 Å². The number of anilines is 1. The molecule has 0 aliphatic carbocycles. The van der Waals surface area contributed by atoms with Crippen molar-refractivity contribution >= 4 is 57.9 Å². The van der Waals surface area contributed by atoms with Crippen molar-refractivity contribution in [3.05, 3.63) is 87.2 Å². The third-order valence-electron chi connectivity index (χ3n) is 9.82. The third kappa shape index (κ3) is 12.3. The number of unbranched alkanes of at least 4 members (excludes halogenated alkanes) is 4. The molecule has 3 heterocycles. The zero-order valence-electron chi connectivity index (χ0n) is 33.1. The van der Waals surface area contributed by atoms with Crippen LogP contribution in [0.4, 0.5) is 14.5 Å². The lowest BCUT2D eigenvalue weighted by molar-refractivity contribution is -0.142. The first-order valence-electron chi connectivity index (χ1n) is 19.4. The van der Waals surface area contributed by atoms with Gasteiger partial charge >= 0.3 is 6.61 Å². The standard InChI is InChI=1S/C42H50Cl2F2N6O5S/c1-26-36(58-25-50-26)28-14-12-27(13-15-28)22-49-39(54)32-11-10-19-52(32)40(55)37(42(2,3)4)48-18-8-6-5-7-9-20-56-34-21-29(16-17-33(34)57-41(45)46)38(53)51-35-30(43)23-47-24-31(35)44/h12-17,21,23-25,32,37,41,48H,5-11,18-20,22H2,1-4H3,(H,49,54)(H,47,51,53). The van der Waals surface area contributed by atoms with Crippen LogP contribution in [0, 0.1) is 12.3 Å². The molecule has 58 heavy (non-hydrogen) atoms. The molecule has 2 aromatic heterocycles. The Kier molecular flexibility index (Phi) is 16.2. The molecule has 312 valence electrons. The van der Waals surface area contributed by atoms with Crippen LogP contribution in [-0.2, 0) is 16.1 Å². The second kappa shape index (κ2) is 21.1. The summed E-state index contributed by atoms with van der Waals surface area (Å²) in [4.78, 5) is 51.3. The van der Waals surface area contributed by atoms with E-state index in [0.29, 0.717) is 32.5 Å². The van der Waals surface area contributed by atoms with Crippen molar-refractivity contribution in [3.63, 3.8) is 0 Å². The maximum Gasteiger partial charge on any atom is 0.387 e. The van der Waals surface area contributed by atoms with Gasteiger partial charge in [0.15, 0.2) is 11.5 Å². The van der Waals surface area contributed by atoms with E-state index in [1.165, 1.54) is 30.6 Å². The summed E-state index contributed by atoms with van der Waals surface area (Å²) in [6.07, 6.45) is 8.13. The van der Waals surface area contributed by atoms with Gasteiger partial charge in [-0.3, -0.25) is 19.4 Å². The zero-order valence-corrected chi connectivity index (χ0v) is 35.4. The molecule has 0 bridgehead atoms. The number of carbonyl (C=O) groups excluding carboxylic acids is 3. The molecule has 0 spiro atoms. The van der Waals surface area contributed by atoms with Crippen LogP contribution in [0.25, 0.3) is 10.4 Å². The van der Waals surface area contributed by atoms with Crippen molar-refractivity contribution in [2.24, 2.45) is 5.41 Å². The monoisotopic (exact) mass is 858 g/mol. The maximum atomic E-state index is 13.9. The summed E-state index contributed by atoms with van der Waals surface area (Å²) >= 11 is 13.8. The van der Waals surface area contributed by atoms with Crippen LogP contribution in [0.1, 0.15) is 87.3 Å². The smallest absolute Gasteiger partial charge is 0.387 e. The van der Waals surface area contributed by atoms with Crippen LogP contribution >= 0.6 is 34.5 Å². The second-order valence-electron chi connectivity index (χ2n) is 15.2. The number of amides is 3. The Hall–Kier alpha value is -4.37. The molecular weight excluding hydrogens is 809 g/mol. The number of nitrogens with zero attached hydrogens (tertiary/aromatic N) is 3. The minimum Gasteiger partial charge on any atom is -0.490 e. The summed E-state index contributed by atoms with van der Waals surface area (Å²) in [7, 11) is 0. The van der Waals surface area contributed by atoms with E-state index in [0.717, 1.165) is 53.8 Å². The summed E-state index contributed by atoms with van der Waals surface area (Å²) in [5.41, 5.74) is 4.83. The molecule has 1 aliphatic rings. The Balaban J connectivity index is 1.04. The molecule has 0 saturated carbocycles. The van der Waals surface area contributed by atoms with Gasteiger partial charge in [0.2, 0.25) is 11.8 Å². The lowest BCUT2D eigenvalue weighted by Crippen LogP contribution is -2.56. The molecule has 1 fully saturated rings. The van der Waals surface area contributed by atoms with Crippen molar-refractivity contribution in [1.29, 1.82) is 0 Å². The number of aromatic nitrogens is 2. The van der Waals surface area contributed by atoms with Gasteiger partial charge < -0.3 is 30.3 Å². The number of ether oxygens (including phenoxy) is 2. The molecule has 2 unspecified atom stereocenters. The van der Waals surface area contributed by atoms with E-state index in [9.17, 15) is 23.2 Å². The van der Waals surface area contributed by atoms with Crippen LogP contribution in [0.15, 0.2) is 60.4 Å². The normalized spacial score (nSPS) is 14.7. The summed E-state index contributed by atoms with van der Waals surface area (Å²) in [5.74, 6) is -0.960. The largest absolute Gasteiger partial charge is 0.490 e. The summed E-state index contributed by atoms with van der Waals surface area (Å²) < 4.78 is 36.6. The second-order valence-corrected chi connectivity index (χ2v) is 16.9. The predicted molar refractivity (Wildman–Crippen MR) is 224 cm³/mol. The Morgan fingerprint density at radius 1 is 0.983 bits per heavy atom. The van der Waals surface area contributed by atoms with E-state index < -0.39 is 24.6 Å². The number of pyridine rings is 1. The van der Waals surface area contributed by atoms with Gasteiger partial charge in [-0.05, 0) is 73.9 Å². The molecule has 5 rings (SSSR count). The lowest BCUT2D eigenvalue weighted by atomic mass is 9.85. The van der Waals surface area contributed by atoms with Crippen molar-refractivity contribution in [3.8, 4) is 21.9 Å². The third-order valence-corrected chi connectivity index (χ3v) is 11.4. The number of hydrogen-bond donors (Lipinski definition) is 3. The Morgan fingerprint density at radius 3 is 2.36 bits per heavy atom. The minimum atomic E-state index is -3.08. The van der Waals surface area contributed by atoms with Crippen LogP contribution in [-0.4, -0.2) is 71.0 Å². The van der Waals surface area contributed by atoms with Crippen molar-refractivity contribution in [1.82, 2.24) is 25.5 Å². The summed E-state index contributed by atoms with van der Waals surface area (Å²) in [6, 6.07) is 11.0. The summed E-state index contributed by atoms with van der Waals surface area (Å²) in [5, 5.41) is 9.42. The van der Waals surface area contributed by atoms with Crippen LogP contribution in [0.3, 0.4) is 0 Å². The number of alkyl halides is 2. The number of rotatable bonds is 19. The average Bonchev–Trinajstić information content (AvgIpc) is 3.85. The molecule has 11 nitrogen and oxygen atoms in total. The molecule has 3 amide bonds. The molecule has 16 heteroatoms. The Bertz CT molecular complexity index is 1990. The zero-order chi connectivity index (χ0) is 41.8. The van der Waals surface area contributed by atoms with Gasteiger partial charge in [0.05, 0.1) is 44.5 Å². The van der Waals surface area contributed by atoms with Gasteiger partial charge in [-0.2, -0.15) is 8.78 Å². The highest BCUT2D eigenvalue weighted by Gasteiger charge is 2.40. The van der Waals surface area contributed by atoms with Crippen LogP contribution in [0.2, 0.25) is 10.0 Å². The first-order chi connectivity index (χ1) is 27.7. The molecule has 0 radical (unpaired) electrons. The quantitative estimate of drug-likeness (QED) is 0.0795. The first kappa shape index (κ1) is 44.7. The number of halogens is 4. The topological polar surface area (TPSA) is 135 Å². The van der Waals surface area contributed by atoms with Crippen molar-refractivity contribution < 1.29 is 32.6 Å². The number of hydrogen-bond acceptors (Lipinski definition) is 9. The average molecular weight is 860 g/mol.